The minimum Gasteiger partial charge on any atom is -0.396 e. The first-order valence-corrected chi connectivity index (χ1v) is 7.17. The molecule has 1 atom stereocenters. The summed E-state index contributed by atoms with van der Waals surface area (Å²) < 4.78 is 0. The average Bonchev–Trinajstić information content (AvgIpc) is 2.68. The molecule has 0 saturated carbocycles. The molecule has 4 nitrogen and oxygen atoms in total. The molecule has 2 aliphatic heterocycles. The second-order valence-electron chi connectivity index (χ2n) is 6.36. The molecule has 0 bridgehead atoms. The van der Waals surface area contributed by atoms with Crippen LogP contribution in [0.4, 0.5) is 0 Å². The van der Waals surface area contributed by atoms with Crippen LogP contribution in [0.25, 0.3) is 0 Å². The Labute approximate surface area is 110 Å². The Hall–Kier alpha value is -0.610. The molecular formula is C14H26N2O2. The Balaban J connectivity index is 2.03. The van der Waals surface area contributed by atoms with Crippen LogP contribution in [0.1, 0.15) is 33.1 Å². The maximum atomic E-state index is 12.2. The molecular weight excluding hydrogens is 228 g/mol. The van der Waals surface area contributed by atoms with Crippen LogP contribution in [-0.4, -0.2) is 48.7 Å². The Kier molecular flexibility index (Phi) is 4.28. The molecule has 2 N–H and O–H groups in total. The molecule has 1 unspecified atom stereocenters. The van der Waals surface area contributed by atoms with Crippen molar-refractivity contribution in [2.24, 2.45) is 17.3 Å². The van der Waals surface area contributed by atoms with Gasteiger partial charge in [-0.2, -0.15) is 0 Å². The van der Waals surface area contributed by atoms with Crippen molar-refractivity contribution < 1.29 is 9.90 Å². The van der Waals surface area contributed by atoms with Crippen LogP contribution >= 0.6 is 0 Å². The molecule has 0 aromatic rings. The predicted molar refractivity (Wildman–Crippen MR) is 71.1 cm³/mol. The number of rotatable bonds is 3. The predicted octanol–water partition coefficient (Wildman–Crippen LogP) is 0.853. The van der Waals surface area contributed by atoms with Crippen LogP contribution in [0.2, 0.25) is 0 Å². The zero-order valence-corrected chi connectivity index (χ0v) is 11.6. The van der Waals surface area contributed by atoms with Gasteiger partial charge in [0.25, 0.3) is 0 Å². The number of carbonyl (C=O) groups is 1. The van der Waals surface area contributed by atoms with Gasteiger partial charge in [-0.25, -0.2) is 0 Å². The third-order valence-electron chi connectivity index (χ3n) is 4.57. The molecule has 18 heavy (non-hydrogen) atoms. The lowest BCUT2D eigenvalue weighted by Gasteiger charge is -2.37. The van der Waals surface area contributed by atoms with E-state index >= 15 is 0 Å². The molecule has 1 amide bonds. The fourth-order valence-corrected chi connectivity index (χ4v) is 3.44. The number of aliphatic hydroxyl groups excluding tert-OH is 1. The van der Waals surface area contributed by atoms with Crippen molar-refractivity contribution >= 4 is 5.91 Å². The van der Waals surface area contributed by atoms with Gasteiger partial charge in [0.15, 0.2) is 0 Å². The minimum absolute atomic E-state index is 0.173. The normalized spacial score (nSPS) is 27.1. The van der Waals surface area contributed by atoms with Gasteiger partial charge in [-0.3, -0.25) is 4.79 Å². The molecule has 4 heteroatoms. The second kappa shape index (κ2) is 5.57. The third-order valence-corrected chi connectivity index (χ3v) is 4.57. The van der Waals surface area contributed by atoms with E-state index in [2.05, 4.69) is 19.2 Å². The summed E-state index contributed by atoms with van der Waals surface area (Å²) in [6.07, 6.45) is 2.81. The van der Waals surface area contributed by atoms with Crippen molar-refractivity contribution in [2.45, 2.75) is 33.1 Å². The maximum Gasteiger partial charge on any atom is 0.222 e. The Morgan fingerprint density at radius 2 is 2.11 bits per heavy atom. The molecule has 2 heterocycles. The van der Waals surface area contributed by atoms with Crippen LogP contribution in [-0.2, 0) is 4.79 Å². The highest BCUT2D eigenvalue weighted by Gasteiger charge is 2.47. The van der Waals surface area contributed by atoms with E-state index in [1.807, 2.05) is 4.90 Å². The smallest absolute Gasteiger partial charge is 0.222 e. The van der Waals surface area contributed by atoms with Gasteiger partial charge in [0, 0.05) is 32.0 Å². The molecule has 0 aliphatic carbocycles. The summed E-state index contributed by atoms with van der Waals surface area (Å²) in [5.74, 6) is 0.948. The average molecular weight is 254 g/mol. The van der Waals surface area contributed by atoms with Gasteiger partial charge in [-0.1, -0.05) is 13.8 Å². The van der Waals surface area contributed by atoms with Crippen molar-refractivity contribution in [1.82, 2.24) is 10.2 Å². The number of aliphatic hydroxyl groups is 1. The van der Waals surface area contributed by atoms with Crippen LogP contribution in [0, 0.1) is 17.3 Å². The van der Waals surface area contributed by atoms with E-state index < -0.39 is 0 Å². The lowest BCUT2D eigenvalue weighted by atomic mass is 9.71. The first kappa shape index (κ1) is 13.8. The van der Waals surface area contributed by atoms with Crippen LogP contribution in [0.15, 0.2) is 0 Å². The van der Waals surface area contributed by atoms with Gasteiger partial charge in [0.2, 0.25) is 5.91 Å². The van der Waals surface area contributed by atoms with E-state index in [0.717, 1.165) is 39.0 Å². The summed E-state index contributed by atoms with van der Waals surface area (Å²) >= 11 is 0. The maximum absolute atomic E-state index is 12.2. The lowest BCUT2D eigenvalue weighted by molar-refractivity contribution is -0.131. The highest BCUT2D eigenvalue weighted by Crippen LogP contribution is 2.43. The monoisotopic (exact) mass is 254 g/mol. The second-order valence-corrected chi connectivity index (χ2v) is 6.36. The summed E-state index contributed by atoms with van der Waals surface area (Å²) in [5, 5.41) is 13.0. The SMILES string of the molecule is CC(C)CC(=O)N1CC(CO)C2(CCNCC2)C1. The van der Waals surface area contributed by atoms with E-state index in [9.17, 15) is 9.90 Å². The van der Waals surface area contributed by atoms with Gasteiger partial charge in [0.05, 0.1) is 0 Å². The van der Waals surface area contributed by atoms with Crippen molar-refractivity contribution in [3.63, 3.8) is 0 Å². The fraction of sp³-hybridized carbons (Fsp3) is 0.929. The highest BCUT2D eigenvalue weighted by atomic mass is 16.3. The van der Waals surface area contributed by atoms with E-state index in [1.165, 1.54) is 0 Å². The molecule has 2 aliphatic rings. The van der Waals surface area contributed by atoms with Gasteiger partial charge in [-0.05, 0) is 37.3 Å². The highest BCUT2D eigenvalue weighted by molar-refractivity contribution is 5.76. The largest absolute Gasteiger partial charge is 0.396 e. The topological polar surface area (TPSA) is 52.6 Å². The van der Waals surface area contributed by atoms with E-state index in [-0.39, 0.29) is 23.8 Å². The van der Waals surface area contributed by atoms with E-state index in [0.29, 0.717) is 12.3 Å². The Morgan fingerprint density at radius 1 is 1.44 bits per heavy atom. The number of hydrogen-bond donors (Lipinski definition) is 2. The van der Waals surface area contributed by atoms with Gasteiger partial charge >= 0.3 is 0 Å². The van der Waals surface area contributed by atoms with Gasteiger partial charge in [-0.15, -0.1) is 0 Å². The first-order valence-electron chi connectivity index (χ1n) is 7.17. The molecule has 2 saturated heterocycles. The van der Waals surface area contributed by atoms with Crippen LogP contribution in [0.5, 0.6) is 0 Å². The summed E-state index contributed by atoms with van der Waals surface area (Å²) in [5.41, 5.74) is 0.173. The van der Waals surface area contributed by atoms with Crippen LogP contribution < -0.4 is 5.32 Å². The summed E-state index contributed by atoms with van der Waals surface area (Å²) in [7, 11) is 0. The molecule has 0 radical (unpaired) electrons. The number of hydrogen-bond acceptors (Lipinski definition) is 3. The third kappa shape index (κ3) is 2.69. The summed E-state index contributed by atoms with van der Waals surface area (Å²) in [6.45, 7) is 8.01. The van der Waals surface area contributed by atoms with Gasteiger partial charge < -0.3 is 15.3 Å². The number of piperidine rings is 1. The molecule has 2 fully saturated rings. The van der Waals surface area contributed by atoms with Crippen molar-refractivity contribution in [3.05, 3.63) is 0 Å². The molecule has 0 aromatic carbocycles. The standard InChI is InChI=1S/C14H26N2O2/c1-11(2)7-13(18)16-8-12(9-17)14(10-16)3-5-15-6-4-14/h11-12,15,17H,3-10H2,1-2H3. The van der Waals surface area contributed by atoms with Crippen molar-refractivity contribution in [3.8, 4) is 0 Å². The number of carbonyl (C=O) groups excluding carboxylic acids is 1. The molecule has 0 aromatic heterocycles. The Bertz CT molecular complexity index is 298. The number of likely N-dealkylation sites (tertiary alicyclic amines) is 1. The first-order chi connectivity index (χ1) is 8.57. The van der Waals surface area contributed by atoms with Crippen LogP contribution in [0.3, 0.4) is 0 Å². The zero-order valence-electron chi connectivity index (χ0n) is 11.6. The molecule has 104 valence electrons. The number of amides is 1. The summed E-state index contributed by atoms with van der Waals surface area (Å²) in [6, 6.07) is 0. The van der Waals surface area contributed by atoms with Crippen molar-refractivity contribution in [2.75, 3.05) is 32.8 Å². The number of nitrogens with zero attached hydrogens (tertiary/aromatic N) is 1. The van der Waals surface area contributed by atoms with E-state index in [4.69, 9.17) is 0 Å². The summed E-state index contributed by atoms with van der Waals surface area (Å²) in [4.78, 5) is 14.2. The van der Waals surface area contributed by atoms with E-state index in [1.54, 1.807) is 0 Å². The quantitative estimate of drug-likeness (QED) is 0.785. The number of nitrogens with one attached hydrogen (secondary N) is 1. The molecule has 1 spiro atoms. The lowest BCUT2D eigenvalue weighted by Crippen LogP contribution is -2.43. The fourth-order valence-electron chi connectivity index (χ4n) is 3.44. The molecule has 2 rings (SSSR count). The zero-order chi connectivity index (χ0) is 13.2. The van der Waals surface area contributed by atoms with Crippen molar-refractivity contribution in [1.29, 1.82) is 0 Å². The minimum atomic E-state index is 0.173. The van der Waals surface area contributed by atoms with Gasteiger partial charge in [0.1, 0.15) is 0 Å². The Morgan fingerprint density at radius 3 is 2.67 bits per heavy atom.